The Morgan fingerprint density at radius 3 is 2.90 bits per heavy atom. The summed E-state index contributed by atoms with van der Waals surface area (Å²) in [5.74, 6) is 0.200. The van der Waals surface area contributed by atoms with E-state index < -0.39 is 0 Å². The molecule has 0 unspecified atom stereocenters. The molecule has 0 saturated carbocycles. The van der Waals surface area contributed by atoms with Gasteiger partial charge >= 0.3 is 0 Å². The highest BCUT2D eigenvalue weighted by molar-refractivity contribution is 5.93. The second-order valence-electron chi connectivity index (χ2n) is 5.53. The molecule has 0 bridgehead atoms. The van der Waals surface area contributed by atoms with Crippen LogP contribution < -0.4 is 10.6 Å². The molecule has 0 spiro atoms. The third kappa shape index (κ3) is 4.29. The fraction of sp³-hybridized carbons (Fsp3) is 0.643. The number of hydrogen-bond donors (Lipinski definition) is 2. The van der Waals surface area contributed by atoms with E-state index in [-0.39, 0.29) is 23.9 Å². The van der Waals surface area contributed by atoms with Gasteiger partial charge in [0.15, 0.2) is 0 Å². The zero-order valence-electron chi connectivity index (χ0n) is 12.7. The average molecular weight is 294 g/mol. The van der Waals surface area contributed by atoms with Gasteiger partial charge < -0.3 is 9.84 Å². The molecule has 1 fully saturated rings. The van der Waals surface area contributed by atoms with Gasteiger partial charge in [0.25, 0.3) is 0 Å². The van der Waals surface area contributed by atoms with Crippen molar-refractivity contribution in [3.63, 3.8) is 0 Å². The SMILES string of the molecule is CC(=O)N[C@@H]1CCCN([C@H](C)C(=O)Nc2cc(C)no2)C1. The number of anilines is 1. The summed E-state index contributed by atoms with van der Waals surface area (Å²) in [6, 6.07) is 1.51. The molecule has 2 N–H and O–H groups in total. The number of piperidine rings is 1. The van der Waals surface area contributed by atoms with Crippen LogP contribution in [0.15, 0.2) is 10.6 Å². The number of rotatable bonds is 4. The normalized spacial score (nSPS) is 20.8. The molecule has 1 aromatic rings. The molecule has 1 aliphatic rings. The standard InChI is InChI=1S/C14H22N4O3/c1-9-7-13(21-17-9)16-14(20)10(2)18-6-4-5-12(8-18)15-11(3)19/h7,10,12H,4-6,8H2,1-3H3,(H,15,19)(H,16,20)/t10-,12-/m1/s1. The Bertz CT molecular complexity index is 514. The summed E-state index contributed by atoms with van der Waals surface area (Å²) in [4.78, 5) is 25.4. The third-order valence-electron chi connectivity index (χ3n) is 3.66. The lowest BCUT2D eigenvalue weighted by atomic mass is 10.0. The lowest BCUT2D eigenvalue weighted by Crippen LogP contribution is -2.52. The van der Waals surface area contributed by atoms with Crippen molar-refractivity contribution in [1.29, 1.82) is 0 Å². The minimum atomic E-state index is -0.285. The van der Waals surface area contributed by atoms with E-state index in [2.05, 4.69) is 20.7 Å². The van der Waals surface area contributed by atoms with Crippen LogP contribution in [0.25, 0.3) is 0 Å². The van der Waals surface area contributed by atoms with Crippen molar-refractivity contribution in [2.24, 2.45) is 0 Å². The largest absolute Gasteiger partial charge is 0.352 e. The molecule has 7 nitrogen and oxygen atoms in total. The molecule has 0 aliphatic carbocycles. The number of likely N-dealkylation sites (tertiary alicyclic amines) is 1. The van der Waals surface area contributed by atoms with E-state index in [1.807, 2.05) is 6.92 Å². The molecule has 1 aliphatic heterocycles. The van der Waals surface area contributed by atoms with Crippen molar-refractivity contribution in [3.8, 4) is 0 Å². The molecule has 1 aromatic heterocycles. The Kier molecular flexibility index (Phi) is 4.95. The lowest BCUT2D eigenvalue weighted by molar-refractivity contribution is -0.121. The summed E-state index contributed by atoms with van der Waals surface area (Å²) < 4.78 is 4.99. The number of hydrogen-bond acceptors (Lipinski definition) is 5. The van der Waals surface area contributed by atoms with Crippen molar-refractivity contribution in [2.45, 2.75) is 45.7 Å². The predicted octanol–water partition coefficient (Wildman–Crippen LogP) is 0.911. The van der Waals surface area contributed by atoms with Gasteiger partial charge in [0.05, 0.1) is 11.7 Å². The Labute approximate surface area is 124 Å². The molecule has 0 aromatic carbocycles. The molecule has 116 valence electrons. The van der Waals surface area contributed by atoms with Crippen LogP contribution >= 0.6 is 0 Å². The van der Waals surface area contributed by atoms with Crippen LogP contribution in [-0.4, -0.2) is 47.0 Å². The Morgan fingerprint density at radius 1 is 1.52 bits per heavy atom. The van der Waals surface area contributed by atoms with Gasteiger partial charge in [0.2, 0.25) is 17.7 Å². The van der Waals surface area contributed by atoms with Crippen LogP contribution in [-0.2, 0) is 9.59 Å². The Balaban J connectivity index is 1.90. The van der Waals surface area contributed by atoms with E-state index in [1.54, 1.807) is 13.0 Å². The number of aryl methyl sites for hydroxylation is 1. The summed E-state index contributed by atoms with van der Waals surface area (Å²) in [7, 11) is 0. The first-order valence-corrected chi connectivity index (χ1v) is 7.21. The number of carbonyl (C=O) groups is 2. The number of aromatic nitrogens is 1. The molecule has 21 heavy (non-hydrogen) atoms. The summed E-state index contributed by atoms with van der Waals surface area (Å²) in [5, 5.41) is 9.37. The predicted molar refractivity (Wildman–Crippen MR) is 77.7 cm³/mol. The molecular weight excluding hydrogens is 272 g/mol. The van der Waals surface area contributed by atoms with Gasteiger partial charge in [-0.1, -0.05) is 5.16 Å². The topological polar surface area (TPSA) is 87.5 Å². The van der Waals surface area contributed by atoms with Crippen LogP contribution in [0, 0.1) is 6.92 Å². The summed E-state index contributed by atoms with van der Waals surface area (Å²) in [5.41, 5.74) is 0.724. The van der Waals surface area contributed by atoms with E-state index in [4.69, 9.17) is 4.52 Å². The van der Waals surface area contributed by atoms with Gasteiger partial charge in [0.1, 0.15) is 0 Å². The second kappa shape index (κ2) is 6.71. The fourth-order valence-corrected chi connectivity index (χ4v) is 2.58. The van der Waals surface area contributed by atoms with E-state index >= 15 is 0 Å². The van der Waals surface area contributed by atoms with Gasteiger partial charge in [-0.2, -0.15) is 0 Å². The molecular formula is C14H22N4O3. The van der Waals surface area contributed by atoms with Crippen LogP contribution in [0.3, 0.4) is 0 Å². The zero-order valence-corrected chi connectivity index (χ0v) is 12.7. The van der Waals surface area contributed by atoms with Crippen LogP contribution in [0.4, 0.5) is 5.88 Å². The van der Waals surface area contributed by atoms with Crippen LogP contribution in [0.5, 0.6) is 0 Å². The molecule has 2 atom stereocenters. The maximum atomic E-state index is 12.2. The fourth-order valence-electron chi connectivity index (χ4n) is 2.58. The van der Waals surface area contributed by atoms with Gasteiger partial charge in [-0.15, -0.1) is 0 Å². The molecule has 7 heteroatoms. The highest BCUT2D eigenvalue weighted by atomic mass is 16.5. The van der Waals surface area contributed by atoms with Crippen LogP contribution in [0.2, 0.25) is 0 Å². The van der Waals surface area contributed by atoms with Crippen molar-refractivity contribution in [3.05, 3.63) is 11.8 Å². The minimum Gasteiger partial charge on any atom is -0.352 e. The summed E-state index contributed by atoms with van der Waals surface area (Å²) in [6.45, 7) is 6.70. The summed E-state index contributed by atoms with van der Waals surface area (Å²) >= 11 is 0. The minimum absolute atomic E-state index is 0.0314. The zero-order chi connectivity index (χ0) is 15.4. The van der Waals surface area contributed by atoms with Crippen LogP contribution in [0.1, 0.15) is 32.4 Å². The number of carbonyl (C=O) groups excluding carboxylic acids is 2. The highest BCUT2D eigenvalue weighted by Gasteiger charge is 2.28. The van der Waals surface area contributed by atoms with Gasteiger partial charge in [0, 0.05) is 25.6 Å². The monoisotopic (exact) mass is 294 g/mol. The van der Waals surface area contributed by atoms with Crippen molar-refractivity contribution < 1.29 is 14.1 Å². The first-order chi connectivity index (χ1) is 9.95. The quantitative estimate of drug-likeness (QED) is 0.862. The van der Waals surface area contributed by atoms with E-state index in [0.717, 1.165) is 25.1 Å². The Hall–Kier alpha value is -1.89. The number of nitrogens with zero attached hydrogens (tertiary/aromatic N) is 2. The number of amides is 2. The lowest BCUT2D eigenvalue weighted by Gasteiger charge is -2.36. The van der Waals surface area contributed by atoms with E-state index in [0.29, 0.717) is 12.4 Å². The van der Waals surface area contributed by atoms with Crippen molar-refractivity contribution in [2.75, 3.05) is 18.4 Å². The molecule has 2 heterocycles. The molecule has 0 radical (unpaired) electrons. The van der Waals surface area contributed by atoms with Gasteiger partial charge in [-0.3, -0.25) is 19.8 Å². The average Bonchev–Trinajstić information content (AvgIpc) is 2.82. The highest BCUT2D eigenvalue weighted by Crippen LogP contribution is 2.15. The maximum absolute atomic E-state index is 12.2. The molecule has 2 rings (SSSR count). The molecule has 2 amide bonds. The van der Waals surface area contributed by atoms with Gasteiger partial charge in [-0.25, -0.2) is 0 Å². The maximum Gasteiger partial charge on any atom is 0.243 e. The van der Waals surface area contributed by atoms with Crippen molar-refractivity contribution >= 4 is 17.7 Å². The second-order valence-corrected chi connectivity index (χ2v) is 5.53. The first-order valence-electron chi connectivity index (χ1n) is 7.21. The van der Waals surface area contributed by atoms with Crippen molar-refractivity contribution in [1.82, 2.24) is 15.4 Å². The smallest absolute Gasteiger partial charge is 0.243 e. The molecule has 1 saturated heterocycles. The van der Waals surface area contributed by atoms with Gasteiger partial charge in [-0.05, 0) is 33.2 Å². The van der Waals surface area contributed by atoms with E-state index in [9.17, 15) is 9.59 Å². The third-order valence-corrected chi connectivity index (χ3v) is 3.66. The van der Waals surface area contributed by atoms with E-state index in [1.165, 1.54) is 6.92 Å². The Morgan fingerprint density at radius 2 is 2.29 bits per heavy atom. The summed E-state index contributed by atoms with van der Waals surface area (Å²) in [6.07, 6.45) is 1.91. The number of nitrogens with one attached hydrogen (secondary N) is 2. The first kappa shape index (κ1) is 15.5.